The van der Waals surface area contributed by atoms with Gasteiger partial charge in [-0.3, -0.25) is 4.79 Å². The molecule has 0 fully saturated rings. The first kappa shape index (κ1) is 15.2. The van der Waals surface area contributed by atoms with Gasteiger partial charge in [-0.1, -0.05) is 30.3 Å². The molecule has 0 radical (unpaired) electrons. The Balaban J connectivity index is 1.76. The van der Waals surface area contributed by atoms with E-state index in [0.717, 1.165) is 5.56 Å². The van der Waals surface area contributed by atoms with E-state index in [-0.39, 0.29) is 5.89 Å². The molecule has 3 rings (SSSR count). The topological polar surface area (TPSA) is 77.2 Å². The number of benzene rings is 1. The Kier molecular flexibility index (Phi) is 4.38. The fourth-order valence-electron chi connectivity index (χ4n) is 1.94. The highest BCUT2D eigenvalue weighted by atomic mass is 79.9. The molecule has 7 heteroatoms. The predicted octanol–water partition coefficient (Wildman–Crippen LogP) is 3.76. The summed E-state index contributed by atoms with van der Waals surface area (Å²) in [6.07, 6.45) is 3.01. The molecular weight excluding hydrogens is 362 g/mol. The van der Waals surface area contributed by atoms with Crippen molar-refractivity contribution in [1.29, 1.82) is 0 Å². The van der Waals surface area contributed by atoms with Gasteiger partial charge in [0, 0.05) is 5.56 Å². The van der Waals surface area contributed by atoms with E-state index in [1.165, 1.54) is 19.5 Å². The summed E-state index contributed by atoms with van der Waals surface area (Å²) in [4.78, 5) is 20.3. The average molecular weight is 374 g/mol. The average Bonchev–Trinajstić information content (AvgIpc) is 3.06. The van der Waals surface area contributed by atoms with E-state index in [1.54, 1.807) is 6.07 Å². The van der Waals surface area contributed by atoms with Crippen molar-refractivity contribution in [1.82, 2.24) is 9.97 Å². The zero-order valence-electron chi connectivity index (χ0n) is 12.1. The zero-order valence-corrected chi connectivity index (χ0v) is 13.7. The summed E-state index contributed by atoms with van der Waals surface area (Å²) >= 11 is 3.31. The van der Waals surface area contributed by atoms with Crippen molar-refractivity contribution < 1.29 is 13.9 Å². The lowest BCUT2D eigenvalue weighted by molar-refractivity contribution is 0.0991. The number of pyridine rings is 1. The molecule has 0 aliphatic carbocycles. The van der Waals surface area contributed by atoms with E-state index in [0.29, 0.717) is 21.8 Å². The standard InChI is InChI=1S/C16H12BrN3O3/c1-22-15-12(17)7-11(8-18-15)20-14(21)16-19-9-13(23-16)10-5-3-2-4-6-10/h2-9H,1H3,(H,20,21). The number of hydrogen-bond acceptors (Lipinski definition) is 5. The molecule has 116 valence electrons. The molecule has 0 bridgehead atoms. The van der Waals surface area contributed by atoms with Crippen molar-refractivity contribution >= 4 is 27.5 Å². The molecular formula is C16H12BrN3O3. The fourth-order valence-corrected chi connectivity index (χ4v) is 2.45. The summed E-state index contributed by atoms with van der Waals surface area (Å²) in [5.74, 6) is 0.497. The number of rotatable bonds is 4. The number of nitrogens with one attached hydrogen (secondary N) is 1. The molecule has 23 heavy (non-hydrogen) atoms. The third-order valence-electron chi connectivity index (χ3n) is 3.02. The Morgan fingerprint density at radius 3 is 2.70 bits per heavy atom. The molecule has 2 heterocycles. The number of ether oxygens (including phenoxy) is 1. The van der Waals surface area contributed by atoms with Gasteiger partial charge in [0.1, 0.15) is 0 Å². The highest BCUT2D eigenvalue weighted by Crippen LogP contribution is 2.25. The third kappa shape index (κ3) is 3.40. The molecule has 1 N–H and O–H groups in total. The van der Waals surface area contributed by atoms with Crippen LogP contribution in [0.1, 0.15) is 10.7 Å². The maximum atomic E-state index is 12.2. The molecule has 0 unspecified atom stereocenters. The maximum Gasteiger partial charge on any atom is 0.311 e. The van der Waals surface area contributed by atoms with Crippen LogP contribution in [-0.4, -0.2) is 23.0 Å². The van der Waals surface area contributed by atoms with Crippen molar-refractivity contribution in [2.24, 2.45) is 0 Å². The van der Waals surface area contributed by atoms with Gasteiger partial charge in [-0.2, -0.15) is 0 Å². The Bertz CT molecular complexity index is 834. The molecule has 0 atom stereocenters. The monoisotopic (exact) mass is 373 g/mol. The van der Waals surface area contributed by atoms with E-state index in [4.69, 9.17) is 9.15 Å². The lowest BCUT2D eigenvalue weighted by atomic mass is 10.2. The summed E-state index contributed by atoms with van der Waals surface area (Å²) in [5, 5.41) is 2.67. The molecule has 0 saturated heterocycles. The summed E-state index contributed by atoms with van der Waals surface area (Å²) in [5.41, 5.74) is 1.36. The zero-order chi connectivity index (χ0) is 16.2. The summed E-state index contributed by atoms with van der Waals surface area (Å²) in [6.45, 7) is 0. The van der Waals surface area contributed by atoms with Crippen molar-refractivity contribution in [3.05, 3.63) is 59.2 Å². The molecule has 3 aromatic rings. The molecule has 0 aliphatic heterocycles. The number of hydrogen-bond donors (Lipinski definition) is 1. The number of amides is 1. The van der Waals surface area contributed by atoms with Crippen LogP contribution in [0, 0.1) is 0 Å². The Labute approximate surface area is 140 Å². The quantitative estimate of drug-likeness (QED) is 0.753. The molecule has 0 spiro atoms. The highest BCUT2D eigenvalue weighted by Gasteiger charge is 2.15. The van der Waals surface area contributed by atoms with Gasteiger partial charge in [-0.15, -0.1) is 0 Å². The van der Waals surface area contributed by atoms with E-state index >= 15 is 0 Å². The van der Waals surface area contributed by atoms with Crippen LogP contribution in [0.2, 0.25) is 0 Å². The normalized spacial score (nSPS) is 10.3. The van der Waals surface area contributed by atoms with Crippen molar-refractivity contribution in [3.63, 3.8) is 0 Å². The molecule has 1 amide bonds. The van der Waals surface area contributed by atoms with E-state index < -0.39 is 5.91 Å². The van der Waals surface area contributed by atoms with Crippen molar-refractivity contribution in [2.75, 3.05) is 12.4 Å². The van der Waals surface area contributed by atoms with Crippen LogP contribution in [0.5, 0.6) is 5.88 Å². The molecule has 2 aromatic heterocycles. The van der Waals surface area contributed by atoms with E-state index in [1.807, 2.05) is 30.3 Å². The molecule has 0 aliphatic rings. The van der Waals surface area contributed by atoms with Crippen LogP contribution in [0.25, 0.3) is 11.3 Å². The highest BCUT2D eigenvalue weighted by molar-refractivity contribution is 9.10. The number of methoxy groups -OCH3 is 1. The fraction of sp³-hybridized carbons (Fsp3) is 0.0625. The second-order valence-corrected chi connectivity index (χ2v) is 5.42. The van der Waals surface area contributed by atoms with Gasteiger partial charge in [0.05, 0.1) is 29.7 Å². The largest absolute Gasteiger partial charge is 0.480 e. The third-order valence-corrected chi connectivity index (χ3v) is 3.58. The summed E-state index contributed by atoms with van der Waals surface area (Å²) in [6, 6.07) is 11.1. The minimum atomic E-state index is -0.453. The maximum absolute atomic E-state index is 12.2. The molecule has 6 nitrogen and oxygen atoms in total. The van der Waals surface area contributed by atoms with Gasteiger partial charge in [-0.05, 0) is 22.0 Å². The summed E-state index contributed by atoms with van der Waals surface area (Å²) < 4.78 is 11.2. The van der Waals surface area contributed by atoms with Crippen LogP contribution in [-0.2, 0) is 0 Å². The van der Waals surface area contributed by atoms with Gasteiger partial charge < -0.3 is 14.5 Å². The number of aromatic nitrogens is 2. The Morgan fingerprint density at radius 1 is 1.22 bits per heavy atom. The first-order valence-electron chi connectivity index (χ1n) is 6.69. The van der Waals surface area contributed by atoms with Gasteiger partial charge in [0.15, 0.2) is 5.76 Å². The second kappa shape index (κ2) is 6.62. The van der Waals surface area contributed by atoms with Crippen molar-refractivity contribution in [3.8, 4) is 17.2 Å². The van der Waals surface area contributed by atoms with E-state index in [2.05, 4.69) is 31.2 Å². The first-order valence-corrected chi connectivity index (χ1v) is 7.49. The predicted molar refractivity (Wildman–Crippen MR) is 88.4 cm³/mol. The van der Waals surface area contributed by atoms with Crippen molar-refractivity contribution in [2.45, 2.75) is 0 Å². The van der Waals surface area contributed by atoms with Crippen LogP contribution < -0.4 is 10.1 Å². The van der Waals surface area contributed by atoms with Gasteiger partial charge in [0.2, 0.25) is 5.88 Å². The van der Waals surface area contributed by atoms with Gasteiger partial charge in [0.25, 0.3) is 5.89 Å². The lowest BCUT2D eigenvalue weighted by Crippen LogP contribution is -2.12. The molecule has 0 saturated carbocycles. The SMILES string of the molecule is COc1ncc(NC(=O)c2ncc(-c3ccccc3)o2)cc1Br. The van der Waals surface area contributed by atoms with Gasteiger partial charge >= 0.3 is 5.91 Å². The van der Waals surface area contributed by atoms with Crippen LogP contribution in [0.15, 0.2) is 57.7 Å². The van der Waals surface area contributed by atoms with Crippen LogP contribution >= 0.6 is 15.9 Å². The lowest BCUT2D eigenvalue weighted by Gasteiger charge is -2.05. The van der Waals surface area contributed by atoms with Crippen LogP contribution in [0.3, 0.4) is 0 Å². The second-order valence-electron chi connectivity index (χ2n) is 4.56. The van der Waals surface area contributed by atoms with Gasteiger partial charge in [-0.25, -0.2) is 9.97 Å². The van der Waals surface area contributed by atoms with E-state index in [9.17, 15) is 4.79 Å². The first-order chi connectivity index (χ1) is 11.2. The smallest absolute Gasteiger partial charge is 0.311 e. The number of oxazole rings is 1. The number of anilines is 1. The Hall–Kier alpha value is -2.67. The number of halogens is 1. The minimum Gasteiger partial charge on any atom is -0.480 e. The number of nitrogens with zero attached hydrogens (tertiary/aromatic N) is 2. The summed E-state index contributed by atoms with van der Waals surface area (Å²) in [7, 11) is 1.52. The van der Waals surface area contributed by atoms with Crippen LogP contribution in [0.4, 0.5) is 5.69 Å². The number of carbonyl (C=O) groups is 1. The Morgan fingerprint density at radius 2 is 2.00 bits per heavy atom. The minimum absolute atomic E-state index is 0.0178. The molecule has 1 aromatic carbocycles. The number of carbonyl (C=O) groups excluding carboxylic acids is 1.